The summed E-state index contributed by atoms with van der Waals surface area (Å²) in [4.78, 5) is 11.0. The van der Waals surface area contributed by atoms with Crippen molar-refractivity contribution in [2.45, 2.75) is 20.8 Å². The van der Waals surface area contributed by atoms with Crippen LogP contribution in [0.4, 0.5) is 0 Å². The Morgan fingerprint density at radius 1 is 1.50 bits per heavy atom. The Morgan fingerprint density at radius 3 is 2.00 bits per heavy atom. The molecule has 0 heterocycles. The lowest BCUT2D eigenvalue weighted by Crippen LogP contribution is -2.25. The normalized spacial score (nSPS) is 13.4. The Bertz CT molecular complexity index is 169. The summed E-state index contributed by atoms with van der Waals surface area (Å²) in [6.45, 7) is 5.09. The van der Waals surface area contributed by atoms with E-state index in [-0.39, 0.29) is 11.0 Å². The van der Waals surface area contributed by atoms with E-state index in [1.54, 1.807) is 20.8 Å². The third kappa shape index (κ3) is 2.35. The van der Waals surface area contributed by atoms with Crippen LogP contribution < -0.4 is 0 Å². The monoisotopic (exact) mass is 163 g/mol. The summed E-state index contributed by atoms with van der Waals surface area (Å²) in [5, 5.41) is 10.3. The van der Waals surface area contributed by atoms with Crippen molar-refractivity contribution in [3.63, 3.8) is 0 Å². The van der Waals surface area contributed by atoms with E-state index in [1.165, 1.54) is 0 Å². The van der Waals surface area contributed by atoms with Crippen molar-refractivity contribution >= 4 is 22.6 Å². The highest BCUT2D eigenvalue weighted by Crippen LogP contribution is 2.16. The second kappa shape index (κ2) is 3.01. The van der Waals surface area contributed by atoms with Crippen molar-refractivity contribution in [1.82, 2.24) is 0 Å². The molecule has 10 heavy (non-hydrogen) atoms. The van der Waals surface area contributed by atoms with Crippen molar-refractivity contribution in [3.8, 4) is 0 Å². The Morgan fingerprint density at radius 2 is 1.90 bits per heavy atom. The molecule has 4 heteroatoms. The predicted octanol–water partition coefficient (Wildman–Crippen LogP) is 1.63. The molecule has 0 saturated carbocycles. The second-order valence-electron chi connectivity index (χ2n) is 2.97. The summed E-state index contributed by atoms with van der Waals surface area (Å²) >= 11 is 5.25. The van der Waals surface area contributed by atoms with Crippen molar-refractivity contribution in [2.75, 3.05) is 0 Å². The molecule has 0 aliphatic carbocycles. The molecule has 0 amide bonds. The number of oxime groups is 1. The molecule has 0 radical (unpaired) electrons. The van der Waals surface area contributed by atoms with Crippen LogP contribution >= 0.6 is 11.6 Å². The van der Waals surface area contributed by atoms with Crippen LogP contribution in [-0.4, -0.2) is 16.2 Å². The zero-order valence-electron chi connectivity index (χ0n) is 6.18. The molecule has 3 nitrogen and oxygen atoms in total. The Kier molecular flexibility index (Phi) is 2.84. The molecule has 58 valence electrons. The maximum Gasteiger partial charge on any atom is 0.211 e. The van der Waals surface area contributed by atoms with Gasteiger partial charge in [-0.3, -0.25) is 4.79 Å². The highest BCUT2D eigenvalue weighted by Gasteiger charge is 2.25. The quantitative estimate of drug-likeness (QED) is 0.363. The number of nitrogens with zero attached hydrogens (tertiary/aromatic N) is 1. The molecular formula is C6H10ClNO2. The molecule has 0 aromatic heterocycles. The minimum absolute atomic E-state index is 0.364. The van der Waals surface area contributed by atoms with Crippen LogP contribution in [0.15, 0.2) is 5.16 Å². The largest absolute Gasteiger partial charge is 0.410 e. The predicted molar refractivity (Wildman–Crippen MR) is 39.5 cm³/mol. The fourth-order valence-corrected chi connectivity index (χ4v) is 0.638. The highest BCUT2D eigenvalue weighted by molar-refractivity contribution is 6.83. The van der Waals surface area contributed by atoms with Crippen LogP contribution in [0.3, 0.4) is 0 Å². The number of carbonyl (C=O) groups excluding carboxylic acids is 1. The van der Waals surface area contributed by atoms with E-state index in [2.05, 4.69) is 5.16 Å². The van der Waals surface area contributed by atoms with Gasteiger partial charge in [0, 0.05) is 5.41 Å². The average molecular weight is 164 g/mol. The number of hydrogen-bond acceptors (Lipinski definition) is 3. The molecule has 0 unspecified atom stereocenters. The van der Waals surface area contributed by atoms with Gasteiger partial charge >= 0.3 is 0 Å². The third-order valence-electron chi connectivity index (χ3n) is 0.956. The van der Waals surface area contributed by atoms with Crippen LogP contribution in [0.25, 0.3) is 0 Å². The first-order chi connectivity index (χ1) is 4.39. The standard InChI is InChI=1S/C6H10ClNO2/c1-6(2,3)4(9)5(7)8-10/h10H,1-3H3. The number of halogens is 1. The molecule has 0 bridgehead atoms. The lowest BCUT2D eigenvalue weighted by molar-refractivity contribution is -0.119. The summed E-state index contributed by atoms with van der Waals surface area (Å²) in [7, 11) is 0. The Hall–Kier alpha value is -0.570. The zero-order chi connectivity index (χ0) is 8.36. The SMILES string of the molecule is CC(C)(C)C(=O)C(Cl)=NO. The highest BCUT2D eigenvalue weighted by atomic mass is 35.5. The van der Waals surface area contributed by atoms with Crippen molar-refractivity contribution in [3.05, 3.63) is 0 Å². The van der Waals surface area contributed by atoms with E-state index >= 15 is 0 Å². The first-order valence-electron chi connectivity index (χ1n) is 2.82. The molecule has 0 saturated heterocycles. The van der Waals surface area contributed by atoms with E-state index in [4.69, 9.17) is 16.8 Å². The fraction of sp³-hybridized carbons (Fsp3) is 0.667. The second-order valence-corrected chi connectivity index (χ2v) is 3.33. The number of Topliss-reactive ketones (excluding diaryl/α,β-unsaturated/α-hetero) is 1. The van der Waals surface area contributed by atoms with E-state index in [9.17, 15) is 4.79 Å². The van der Waals surface area contributed by atoms with E-state index in [0.29, 0.717) is 0 Å². The van der Waals surface area contributed by atoms with Gasteiger partial charge in [-0.25, -0.2) is 0 Å². The third-order valence-corrected chi connectivity index (χ3v) is 1.20. The topological polar surface area (TPSA) is 49.7 Å². The zero-order valence-corrected chi connectivity index (χ0v) is 6.94. The van der Waals surface area contributed by atoms with Gasteiger partial charge in [-0.05, 0) is 0 Å². The smallest absolute Gasteiger partial charge is 0.211 e. The lowest BCUT2D eigenvalue weighted by atomic mass is 9.91. The van der Waals surface area contributed by atoms with Gasteiger partial charge in [-0.15, -0.1) is 0 Å². The number of rotatable bonds is 1. The van der Waals surface area contributed by atoms with Crippen LogP contribution in [0.5, 0.6) is 0 Å². The van der Waals surface area contributed by atoms with Crippen LogP contribution in [-0.2, 0) is 4.79 Å². The number of ketones is 1. The molecule has 0 aliphatic rings. The molecule has 0 rings (SSSR count). The lowest BCUT2D eigenvalue weighted by Gasteiger charge is -2.13. The van der Waals surface area contributed by atoms with Crippen LogP contribution in [0.2, 0.25) is 0 Å². The van der Waals surface area contributed by atoms with E-state index < -0.39 is 5.41 Å². The summed E-state index contributed by atoms with van der Waals surface area (Å²) < 4.78 is 0. The maximum absolute atomic E-state index is 11.0. The van der Waals surface area contributed by atoms with Gasteiger partial charge in [-0.1, -0.05) is 37.5 Å². The first kappa shape index (κ1) is 9.43. The molecule has 0 aromatic carbocycles. The van der Waals surface area contributed by atoms with Gasteiger partial charge in [0.2, 0.25) is 11.0 Å². The summed E-state index contributed by atoms with van der Waals surface area (Å²) in [5.41, 5.74) is -0.580. The van der Waals surface area contributed by atoms with Gasteiger partial charge in [0.15, 0.2) is 0 Å². The molecular weight excluding hydrogens is 154 g/mol. The van der Waals surface area contributed by atoms with Gasteiger partial charge in [0.25, 0.3) is 0 Å². The van der Waals surface area contributed by atoms with E-state index in [0.717, 1.165) is 0 Å². The number of hydrogen-bond donors (Lipinski definition) is 1. The van der Waals surface area contributed by atoms with Crippen LogP contribution in [0, 0.1) is 5.41 Å². The Balaban J connectivity index is 4.39. The van der Waals surface area contributed by atoms with Gasteiger partial charge in [0.05, 0.1) is 0 Å². The van der Waals surface area contributed by atoms with Gasteiger partial charge < -0.3 is 5.21 Å². The van der Waals surface area contributed by atoms with E-state index in [1.807, 2.05) is 0 Å². The van der Waals surface area contributed by atoms with Crippen molar-refractivity contribution < 1.29 is 10.0 Å². The molecule has 0 aliphatic heterocycles. The number of carbonyl (C=O) groups is 1. The summed E-state index contributed by atoms with van der Waals surface area (Å²) in [6.07, 6.45) is 0. The first-order valence-corrected chi connectivity index (χ1v) is 3.19. The minimum Gasteiger partial charge on any atom is -0.410 e. The van der Waals surface area contributed by atoms with Gasteiger partial charge in [0.1, 0.15) is 0 Å². The maximum atomic E-state index is 11.0. The summed E-state index contributed by atoms with van der Waals surface area (Å²) in [6, 6.07) is 0. The molecule has 0 fully saturated rings. The molecule has 0 spiro atoms. The fourth-order valence-electron chi connectivity index (χ4n) is 0.355. The Labute approximate surface area is 64.7 Å². The molecule has 0 atom stereocenters. The van der Waals surface area contributed by atoms with Gasteiger partial charge in [-0.2, -0.15) is 0 Å². The average Bonchev–Trinajstić information content (AvgIpc) is 1.83. The minimum atomic E-state index is -0.580. The molecule has 1 N–H and O–H groups in total. The van der Waals surface area contributed by atoms with Crippen molar-refractivity contribution in [1.29, 1.82) is 0 Å². The van der Waals surface area contributed by atoms with Crippen molar-refractivity contribution in [2.24, 2.45) is 10.6 Å². The summed E-state index contributed by atoms with van der Waals surface area (Å²) in [5.74, 6) is -0.364. The van der Waals surface area contributed by atoms with Crippen LogP contribution in [0.1, 0.15) is 20.8 Å². The molecule has 0 aromatic rings.